The van der Waals surface area contributed by atoms with Crippen LogP contribution >= 0.6 is 27.7 Å². The lowest BCUT2D eigenvalue weighted by molar-refractivity contribution is 0.215. The van der Waals surface area contributed by atoms with Crippen LogP contribution in [0.5, 0.6) is 5.88 Å². The summed E-state index contributed by atoms with van der Waals surface area (Å²) in [6.07, 6.45) is 10.9. The molecule has 0 spiro atoms. The van der Waals surface area contributed by atoms with Crippen molar-refractivity contribution in [3.05, 3.63) is 29.3 Å². The minimum atomic E-state index is 0.536. The summed E-state index contributed by atoms with van der Waals surface area (Å²) < 4.78 is 6.66. The van der Waals surface area contributed by atoms with Gasteiger partial charge in [-0.15, -0.1) is 0 Å². The fraction of sp³-hybridized carbons (Fsp3) is 0.467. The third-order valence-electron chi connectivity index (χ3n) is 3.81. The molecule has 2 aromatic rings. The molecule has 0 aliphatic carbocycles. The Labute approximate surface area is 148 Å². The van der Waals surface area contributed by atoms with Crippen molar-refractivity contribution in [1.82, 2.24) is 19.9 Å². The molecule has 1 aliphatic heterocycles. The summed E-state index contributed by atoms with van der Waals surface area (Å²) in [6, 6.07) is 0. The Hall–Kier alpha value is -1.41. The highest BCUT2D eigenvalue weighted by Crippen LogP contribution is 2.29. The Bertz CT molecular complexity index is 637. The van der Waals surface area contributed by atoms with E-state index in [0.29, 0.717) is 18.4 Å². The lowest BCUT2D eigenvalue weighted by Crippen LogP contribution is -2.36. The Balaban J connectivity index is 1.54. The molecule has 1 saturated heterocycles. The normalized spacial score (nSPS) is 15.7. The van der Waals surface area contributed by atoms with Gasteiger partial charge in [0.2, 0.25) is 5.88 Å². The minimum Gasteiger partial charge on any atom is -0.476 e. The molecule has 23 heavy (non-hydrogen) atoms. The molecule has 0 radical (unpaired) electrons. The maximum Gasteiger partial charge on any atom is 0.232 e. The van der Waals surface area contributed by atoms with Crippen molar-refractivity contribution >= 4 is 33.5 Å². The number of halogens is 1. The molecule has 0 aromatic carbocycles. The van der Waals surface area contributed by atoms with Gasteiger partial charge in [0.15, 0.2) is 5.16 Å². The molecule has 6 nitrogen and oxygen atoms in total. The average Bonchev–Trinajstić information content (AvgIpc) is 2.62. The minimum absolute atomic E-state index is 0.536. The van der Waals surface area contributed by atoms with Crippen molar-refractivity contribution in [2.45, 2.75) is 18.0 Å². The standard InChI is InChI=1S/C15H18BrN5OS/c1-23-15-19-8-12(16)14(20-15)21-6-2-11(3-7-21)10-22-13-9-17-4-5-18-13/h4-5,8-9,11H,2-3,6-7,10H2,1H3. The van der Waals surface area contributed by atoms with Crippen LogP contribution < -0.4 is 9.64 Å². The van der Waals surface area contributed by atoms with Crippen LogP contribution in [0.15, 0.2) is 34.4 Å². The summed E-state index contributed by atoms with van der Waals surface area (Å²) in [5.41, 5.74) is 0. The van der Waals surface area contributed by atoms with E-state index in [4.69, 9.17) is 4.74 Å². The number of thioether (sulfide) groups is 1. The van der Waals surface area contributed by atoms with Gasteiger partial charge in [-0.1, -0.05) is 11.8 Å². The van der Waals surface area contributed by atoms with Gasteiger partial charge in [-0.2, -0.15) is 0 Å². The summed E-state index contributed by atoms with van der Waals surface area (Å²) in [5.74, 6) is 2.12. The molecule has 0 saturated carbocycles. The Kier molecular flexibility index (Phi) is 5.66. The quantitative estimate of drug-likeness (QED) is 0.569. The van der Waals surface area contributed by atoms with E-state index < -0.39 is 0 Å². The van der Waals surface area contributed by atoms with Crippen LogP contribution in [0.4, 0.5) is 5.82 Å². The van der Waals surface area contributed by atoms with E-state index in [1.54, 1.807) is 30.4 Å². The molecule has 0 N–H and O–H groups in total. The van der Waals surface area contributed by atoms with E-state index >= 15 is 0 Å². The van der Waals surface area contributed by atoms with Crippen molar-refractivity contribution < 1.29 is 4.74 Å². The largest absolute Gasteiger partial charge is 0.476 e. The summed E-state index contributed by atoms with van der Waals surface area (Å²) in [4.78, 5) is 19.3. The fourth-order valence-corrected chi connectivity index (χ4v) is 3.31. The number of nitrogens with zero attached hydrogens (tertiary/aromatic N) is 5. The smallest absolute Gasteiger partial charge is 0.232 e. The van der Waals surface area contributed by atoms with Crippen LogP contribution in [-0.2, 0) is 0 Å². The van der Waals surface area contributed by atoms with E-state index in [1.807, 2.05) is 12.5 Å². The monoisotopic (exact) mass is 395 g/mol. The fourth-order valence-electron chi connectivity index (χ4n) is 2.54. The second kappa shape index (κ2) is 7.92. The predicted octanol–water partition coefficient (Wildman–Crippen LogP) is 3.05. The molecule has 0 amide bonds. The number of piperidine rings is 1. The molecule has 3 rings (SSSR count). The van der Waals surface area contributed by atoms with Gasteiger partial charge in [0.1, 0.15) is 5.82 Å². The highest BCUT2D eigenvalue weighted by atomic mass is 79.9. The summed E-state index contributed by atoms with van der Waals surface area (Å²) >= 11 is 5.12. The number of rotatable bonds is 5. The van der Waals surface area contributed by atoms with Gasteiger partial charge in [-0.05, 0) is 40.9 Å². The van der Waals surface area contributed by atoms with E-state index in [-0.39, 0.29) is 0 Å². The molecular weight excluding hydrogens is 378 g/mol. The summed E-state index contributed by atoms with van der Waals surface area (Å²) in [6.45, 7) is 2.63. The first-order valence-electron chi connectivity index (χ1n) is 7.46. The van der Waals surface area contributed by atoms with Crippen molar-refractivity contribution in [2.24, 2.45) is 5.92 Å². The van der Waals surface area contributed by atoms with Gasteiger partial charge < -0.3 is 9.64 Å². The average molecular weight is 396 g/mol. The van der Waals surface area contributed by atoms with Gasteiger partial charge in [-0.3, -0.25) is 4.98 Å². The predicted molar refractivity (Wildman–Crippen MR) is 94.0 cm³/mol. The lowest BCUT2D eigenvalue weighted by atomic mass is 9.98. The number of hydrogen-bond donors (Lipinski definition) is 0. The molecule has 8 heteroatoms. The van der Waals surface area contributed by atoms with Crippen LogP contribution in [0.2, 0.25) is 0 Å². The van der Waals surface area contributed by atoms with Gasteiger partial charge >= 0.3 is 0 Å². The second-order valence-electron chi connectivity index (χ2n) is 5.31. The summed E-state index contributed by atoms with van der Waals surface area (Å²) in [5, 5.41) is 0.802. The summed E-state index contributed by atoms with van der Waals surface area (Å²) in [7, 11) is 0. The van der Waals surface area contributed by atoms with Crippen molar-refractivity contribution in [3.63, 3.8) is 0 Å². The zero-order valence-corrected chi connectivity index (χ0v) is 15.3. The Morgan fingerprint density at radius 2 is 2.09 bits per heavy atom. The van der Waals surface area contributed by atoms with Crippen LogP contribution in [0.3, 0.4) is 0 Å². The zero-order valence-electron chi connectivity index (χ0n) is 12.9. The van der Waals surface area contributed by atoms with E-state index in [2.05, 4.69) is 40.8 Å². The molecular formula is C15H18BrN5OS. The molecule has 3 heterocycles. The number of hydrogen-bond acceptors (Lipinski definition) is 7. The van der Waals surface area contributed by atoms with Gasteiger partial charge in [0, 0.05) is 31.7 Å². The highest BCUT2D eigenvalue weighted by Gasteiger charge is 2.22. The first kappa shape index (κ1) is 16.4. The van der Waals surface area contributed by atoms with Crippen LogP contribution in [0, 0.1) is 5.92 Å². The van der Waals surface area contributed by atoms with Crippen molar-refractivity contribution in [3.8, 4) is 5.88 Å². The topological polar surface area (TPSA) is 64.0 Å². The maximum absolute atomic E-state index is 5.72. The highest BCUT2D eigenvalue weighted by molar-refractivity contribution is 9.10. The van der Waals surface area contributed by atoms with E-state index in [1.165, 1.54) is 0 Å². The molecule has 0 bridgehead atoms. The van der Waals surface area contributed by atoms with Crippen LogP contribution in [-0.4, -0.2) is 45.9 Å². The van der Waals surface area contributed by atoms with Crippen molar-refractivity contribution in [1.29, 1.82) is 0 Å². The molecule has 1 aliphatic rings. The van der Waals surface area contributed by atoms with Gasteiger partial charge in [0.05, 0.1) is 17.3 Å². The Morgan fingerprint density at radius 1 is 1.26 bits per heavy atom. The van der Waals surface area contributed by atoms with Crippen LogP contribution in [0.25, 0.3) is 0 Å². The third-order valence-corrected chi connectivity index (χ3v) is 4.93. The molecule has 2 aromatic heterocycles. The Morgan fingerprint density at radius 3 is 2.78 bits per heavy atom. The molecule has 122 valence electrons. The number of anilines is 1. The first-order chi connectivity index (χ1) is 11.3. The van der Waals surface area contributed by atoms with Crippen molar-refractivity contribution in [2.75, 3.05) is 30.9 Å². The first-order valence-corrected chi connectivity index (χ1v) is 9.48. The molecule has 1 fully saturated rings. The van der Waals surface area contributed by atoms with Gasteiger partial charge in [-0.25, -0.2) is 15.0 Å². The second-order valence-corrected chi connectivity index (χ2v) is 6.94. The van der Waals surface area contributed by atoms with Gasteiger partial charge in [0.25, 0.3) is 0 Å². The third kappa shape index (κ3) is 4.32. The zero-order chi connectivity index (χ0) is 16.1. The number of aromatic nitrogens is 4. The SMILES string of the molecule is CSc1ncc(Br)c(N2CCC(COc3cnccn3)CC2)n1. The number of ether oxygens (including phenoxy) is 1. The molecule has 0 unspecified atom stereocenters. The van der Waals surface area contributed by atoms with E-state index in [0.717, 1.165) is 41.4 Å². The maximum atomic E-state index is 5.72. The lowest BCUT2D eigenvalue weighted by Gasteiger charge is -2.33. The molecule has 0 atom stereocenters. The van der Waals surface area contributed by atoms with E-state index in [9.17, 15) is 0 Å². The van der Waals surface area contributed by atoms with Crippen LogP contribution in [0.1, 0.15) is 12.8 Å².